The topological polar surface area (TPSA) is 79.9 Å². The average Bonchev–Trinajstić information content (AvgIpc) is 3.15. The standard InChI is InChI=1S/C17H22N4O2S/c1-24-11-13-4-2-6-18-15(13)17(22)19-8-12-5-3-7-23-16(12)14-9-20-21-10-14/h2,4,6,9-10,12,16H,3,5,7-8,11H2,1H3,(H,19,22)(H,20,21)/t12-,16+/m0/s1. The molecule has 1 aliphatic heterocycles. The van der Waals surface area contributed by atoms with E-state index in [0.29, 0.717) is 12.2 Å². The van der Waals surface area contributed by atoms with E-state index in [-0.39, 0.29) is 17.9 Å². The van der Waals surface area contributed by atoms with Crippen LogP contribution in [0.1, 0.15) is 40.6 Å². The number of hydrogen-bond acceptors (Lipinski definition) is 5. The summed E-state index contributed by atoms with van der Waals surface area (Å²) in [6, 6.07) is 3.82. The maximum Gasteiger partial charge on any atom is 0.270 e. The summed E-state index contributed by atoms with van der Waals surface area (Å²) in [6.07, 6.45) is 9.35. The van der Waals surface area contributed by atoms with Gasteiger partial charge in [-0.1, -0.05) is 6.07 Å². The molecular formula is C17H22N4O2S. The molecule has 2 atom stereocenters. The normalized spacial score (nSPS) is 20.7. The third-order valence-corrected chi connectivity index (χ3v) is 4.82. The van der Waals surface area contributed by atoms with Gasteiger partial charge in [0, 0.05) is 42.8 Å². The van der Waals surface area contributed by atoms with E-state index in [9.17, 15) is 4.79 Å². The van der Waals surface area contributed by atoms with E-state index in [1.165, 1.54) is 0 Å². The number of hydrogen-bond donors (Lipinski definition) is 2. The molecule has 0 aliphatic carbocycles. The number of carbonyl (C=O) groups excluding carboxylic acids is 1. The van der Waals surface area contributed by atoms with Crippen LogP contribution in [0.25, 0.3) is 0 Å². The Morgan fingerprint density at radius 2 is 2.46 bits per heavy atom. The van der Waals surface area contributed by atoms with Crippen LogP contribution in [0.5, 0.6) is 0 Å². The number of thioether (sulfide) groups is 1. The highest BCUT2D eigenvalue weighted by Gasteiger charge is 2.28. The van der Waals surface area contributed by atoms with Crippen LogP contribution in [0.4, 0.5) is 0 Å². The number of nitrogens with zero attached hydrogens (tertiary/aromatic N) is 2. The number of aromatic amines is 1. The van der Waals surface area contributed by atoms with E-state index in [2.05, 4.69) is 20.5 Å². The quantitative estimate of drug-likeness (QED) is 0.840. The van der Waals surface area contributed by atoms with Gasteiger partial charge in [-0.25, -0.2) is 0 Å². The number of amides is 1. The molecule has 0 unspecified atom stereocenters. The molecule has 2 aromatic rings. The number of nitrogens with one attached hydrogen (secondary N) is 2. The van der Waals surface area contributed by atoms with Crippen LogP contribution in [0.15, 0.2) is 30.7 Å². The Morgan fingerprint density at radius 1 is 1.54 bits per heavy atom. The molecule has 128 valence electrons. The van der Waals surface area contributed by atoms with E-state index in [4.69, 9.17) is 4.74 Å². The number of aromatic nitrogens is 3. The second-order valence-electron chi connectivity index (χ2n) is 5.88. The van der Waals surface area contributed by atoms with Gasteiger partial charge in [0.2, 0.25) is 0 Å². The number of ether oxygens (including phenoxy) is 1. The Morgan fingerprint density at radius 3 is 3.25 bits per heavy atom. The van der Waals surface area contributed by atoms with E-state index >= 15 is 0 Å². The molecule has 2 N–H and O–H groups in total. The fourth-order valence-corrected chi connectivity index (χ4v) is 3.60. The molecule has 1 saturated heterocycles. The first-order chi connectivity index (χ1) is 11.8. The van der Waals surface area contributed by atoms with Gasteiger partial charge in [0.05, 0.1) is 12.3 Å². The van der Waals surface area contributed by atoms with Crippen molar-refractivity contribution >= 4 is 17.7 Å². The van der Waals surface area contributed by atoms with Gasteiger partial charge in [-0.2, -0.15) is 16.9 Å². The Kier molecular flexibility index (Phi) is 5.87. The summed E-state index contributed by atoms with van der Waals surface area (Å²) < 4.78 is 5.90. The molecule has 1 aliphatic rings. The summed E-state index contributed by atoms with van der Waals surface area (Å²) >= 11 is 1.68. The zero-order valence-electron chi connectivity index (χ0n) is 13.7. The van der Waals surface area contributed by atoms with Gasteiger partial charge in [0.25, 0.3) is 5.91 Å². The van der Waals surface area contributed by atoms with Crippen LogP contribution in [0, 0.1) is 5.92 Å². The zero-order valence-corrected chi connectivity index (χ0v) is 14.5. The lowest BCUT2D eigenvalue weighted by atomic mass is 9.91. The summed E-state index contributed by atoms with van der Waals surface area (Å²) in [6.45, 7) is 1.32. The molecular weight excluding hydrogens is 324 g/mol. The molecule has 0 saturated carbocycles. The summed E-state index contributed by atoms with van der Waals surface area (Å²) in [5.41, 5.74) is 2.52. The second-order valence-corrected chi connectivity index (χ2v) is 6.75. The van der Waals surface area contributed by atoms with Crippen molar-refractivity contribution < 1.29 is 9.53 Å². The summed E-state index contributed by atoms with van der Waals surface area (Å²) in [4.78, 5) is 16.8. The van der Waals surface area contributed by atoms with Crippen LogP contribution in [0.3, 0.4) is 0 Å². The third-order valence-electron chi connectivity index (χ3n) is 4.22. The van der Waals surface area contributed by atoms with Crippen LogP contribution >= 0.6 is 11.8 Å². The van der Waals surface area contributed by atoms with Crippen LogP contribution < -0.4 is 5.32 Å². The molecule has 1 amide bonds. The van der Waals surface area contributed by atoms with Crippen molar-refractivity contribution in [3.63, 3.8) is 0 Å². The minimum Gasteiger partial charge on any atom is -0.373 e. The van der Waals surface area contributed by atoms with Crippen LogP contribution in [0.2, 0.25) is 0 Å². The summed E-state index contributed by atoms with van der Waals surface area (Å²) in [5.74, 6) is 0.907. The Balaban J connectivity index is 1.65. The minimum atomic E-state index is -0.115. The van der Waals surface area contributed by atoms with E-state index < -0.39 is 0 Å². The number of rotatable bonds is 6. The highest BCUT2D eigenvalue weighted by molar-refractivity contribution is 7.97. The monoisotopic (exact) mass is 346 g/mol. The first kappa shape index (κ1) is 17.0. The molecule has 6 nitrogen and oxygen atoms in total. The lowest BCUT2D eigenvalue weighted by Gasteiger charge is -2.31. The molecule has 0 radical (unpaired) electrons. The van der Waals surface area contributed by atoms with Gasteiger partial charge < -0.3 is 10.1 Å². The number of pyridine rings is 1. The van der Waals surface area contributed by atoms with Gasteiger partial charge in [-0.3, -0.25) is 14.9 Å². The predicted molar refractivity (Wildman–Crippen MR) is 93.8 cm³/mol. The van der Waals surface area contributed by atoms with Gasteiger partial charge in [-0.05, 0) is 30.7 Å². The SMILES string of the molecule is CSCc1cccnc1C(=O)NC[C@@H]1CCCO[C@H]1c1cn[nH]c1. The predicted octanol–water partition coefficient (Wildman–Crippen LogP) is 2.57. The first-order valence-corrected chi connectivity index (χ1v) is 9.50. The fourth-order valence-electron chi connectivity index (χ4n) is 3.06. The summed E-state index contributed by atoms with van der Waals surface area (Å²) in [5, 5.41) is 9.87. The fraction of sp³-hybridized carbons (Fsp3) is 0.471. The lowest BCUT2D eigenvalue weighted by Crippen LogP contribution is -2.35. The van der Waals surface area contributed by atoms with Gasteiger partial charge in [0.15, 0.2) is 0 Å². The van der Waals surface area contributed by atoms with Crippen molar-refractivity contribution in [3.05, 3.63) is 47.5 Å². The lowest BCUT2D eigenvalue weighted by molar-refractivity contribution is -0.0272. The zero-order chi connectivity index (χ0) is 16.8. The molecule has 0 bridgehead atoms. The highest BCUT2D eigenvalue weighted by Crippen LogP contribution is 2.32. The van der Waals surface area contributed by atoms with E-state index in [1.807, 2.05) is 24.6 Å². The molecule has 0 aromatic carbocycles. The van der Waals surface area contributed by atoms with Gasteiger partial charge in [-0.15, -0.1) is 0 Å². The number of H-pyrrole nitrogens is 1. The average molecular weight is 346 g/mol. The van der Waals surface area contributed by atoms with E-state index in [1.54, 1.807) is 24.2 Å². The largest absolute Gasteiger partial charge is 0.373 e. The first-order valence-electron chi connectivity index (χ1n) is 8.11. The van der Waals surface area contributed by atoms with Crippen LogP contribution in [-0.4, -0.2) is 40.5 Å². The molecule has 0 spiro atoms. The second kappa shape index (κ2) is 8.30. The maximum absolute atomic E-state index is 12.5. The smallest absolute Gasteiger partial charge is 0.270 e. The highest BCUT2D eigenvalue weighted by atomic mass is 32.2. The molecule has 3 rings (SSSR count). The molecule has 24 heavy (non-hydrogen) atoms. The Labute approximate surface area is 145 Å². The molecule has 7 heteroatoms. The number of carbonyl (C=O) groups is 1. The molecule has 1 fully saturated rings. The maximum atomic E-state index is 12.5. The molecule has 3 heterocycles. The third kappa shape index (κ3) is 3.96. The van der Waals surface area contributed by atoms with Crippen molar-refractivity contribution in [2.45, 2.75) is 24.7 Å². The van der Waals surface area contributed by atoms with Crippen molar-refractivity contribution in [3.8, 4) is 0 Å². The molecule has 2 aromatic heterocycles. The van der Waals surface area contributed by atoms with E-state index in [0.717, 1.165) is 36.3 Å². The Hall–Kier alpha value is -1.86. The van der Waals surface area contributed by atoms with Crippen molar-refractivity contribution in [1.29, 1.82) is 0 Å². The summed E-state index contributed by atoms with van der Waals surface area (Å²) in [7, 11) is 0. The minimum absolute atomic E-state index is 0.0211. The van der Waals surface area contributed by atoms with Crippen LogP contribution in [-0.2, 0) is 10.5 Å². The van der Waals surface area contributed by atoms with Crippen molar-refractivity contribution in [1.82, 2.24) is 20.5 Å². The Bertz CT molecular complexity index is 662. The van der Waals surface area contributed by atoms with Gasteiger partial charge >= 0.3 is 0 Å². The van der Waals surface area contributed by atoms with Crippen molar-refractivity contribution in [2.75, 3.05) is 19.4 Å². The van der Waals surface area contributed by atoms with Gasteiger partial charge in [0.1, 0.15) is 5.69 Å². The van der Waals surface area contributed by atoms with Crippen molar-refractivity contribution in [2.24, 2.45) is 5.92 Å².